The van der Waals surface area contributed by atoms with Crippen LogP contribution >= 0.6 is 11.6 Å². The van der Waals surface area contributed by atoms with E-state index < -0.39 is 0 Å². The van der Waals surface area contributed by atoms with Crippen molar-refractivity contribution in [2.45, 2.75) is 26.9 Å². The lowest BCUT2D eigenvalue weighted by molar-refractivity contribution is 0.0952. The molecular formula is C20H24ClNO3. The quantitative estimate of drug-likeness (QED) is 0.741. The van der Waals surface area contributed by atoms with Gasteiger partial charge in [-0.1, -0.05) is 25.4 Å². The molecule has 0 radical (unpaired) electrons. The van der Waals surface area contributed by atoms with Gasteiger partial charge in [-0.3, -0.25) is 4.79 Å². The first-order valence-corrected chi connectivity index (χ1v) is 8.71. The standard InChI is InChI=1S/C20H24ClNO3/c1-14(2)10-11-22-20(23)15-4-9-19(24-3)16(12-15)13-25-18-7-5-17(21)6-8-18/h4-9,12,14H,10-11,13H2,1-3H3,(H,22,23). The SMILES string of the molecule is COc1ccc(C(=O)NCCC(C)C)cc1COc1ccc(Cl)cc1. The zero-order chi connectivity index (χ0) is 18.2. The molecule has 5 heteroatoms. The minimum atomic E-state index is -0.0870. The van der Waals surface area contributed by atoms with Crippen LogP contribution in [-0.2, 0) is 6.61 Å². The second kappa shape index (κ2) is 9.33. The molecule has 2 aromatic carbocycles. The number of hydrogen-bond acceptors (Lipinski definition) is 3. The predicted molar refractivity (Wildman–Crippen MR) is 101 cm³/mol. The van der Waals surface area contributed by atoms with Gasteiger partial charge >= 0.3 is 0 Å². The molecule has 0 heterocycles. The topological polar surface area (TPSA) is 47.6 Å². The van der Waals surface area contributed by atoms with E-state index in [1.54, 1.807) is 49.6 Å². The Kier molecular flexibility index (Phi) is 7.14. The molecule has 0 saturated carbocycles. The summed E-state index contributed by atoms with van der Waals surface area (Å²) >= 11 is 5.87. The van der Waals surface area contributed by atoms with Crippen molar-refractivity contribution in [1.82, 2.24) is 5.32 Å². The molecule has 0 saturated heterocycles. The number of hydrogen-bond donors (Lipinski definition) is 1. The van der Waals surface area contributed by atoms with Crippen LogP contribution < -0.4 is 14.8 Å². The van der Waals surface area contributed by atoms with Crippen LogP contribution in [0.3, 0.4) is 0 Å². The summed E-state index contributed by atoms with van der Waals surface area (Å²) in [5, 5.41) is 3.60. The van der Waals surface area contributed by atoms with Gasteiger partial charge in [0.25, 0.3) is 5.91 Å². The third kappa shape index (κ3) is 5.98. The van der Waals surface area contributed by atoms with E-state index in [1.807, 2.05) is 0 Å². The Hall–Kier alpha value is -2.20. The summed E-state index contributed by atoms with van der Waals surface area (Å²) in [5.41, 5.74) is 1.41. The molecule has 0 aliphatic rings. The molecule has 2 rings (SSSR count). The van der Waals surface area contributed by atoms with E-state index in [1.165, 1.54) is 0 Å². The molecule has 0 aromatic heterocycles. The Labute approximate surface area is 154 Å². The second-order valence-electron chi connectivity index (χ2n) is 6.21. The Morgan fingerprint density at radius 1 is 1.16 bits per heavy atom. The fourth-order valence-electron chi connectivity index (χ4n) is 2.30. The van der Waals surface area contributed by atoms with E-state index in [0.29, 0.717) is 41.2 Å². The lowest BCUT2D eigenvalue weighted by atomic mass is 10.1. The van der Waals surface area contributed by atoms with Crippen LogP contribution in [0.25, 0.3) is 0 Å². The largest absolute Gasteiger partial charge is 0.496 e. The molecule has 2 aromatic rings. The van der Waals surface area contributed by atoms with Crippen molar-refractivity contribution in [1.29, 1.82) is 0 Å². The third-order valence-electron chi connectivity index (χ3n) is 3.76. The highest BCUT2D eigenvalue weighted by molar-refractivity contribution is 6.30. The maximum atomic E-state index is 12.3. The normalized spacial score (nSPS) is 10.6. The van der Waals surface area contributed by atoms with E-state index in [-0.39, 0.29) is 5.91 Å². The first-order chi connectivity index (χ1) is 12.0. The van der Waals surface area contributed by atoms with Gasteiger partial charge in [-0.25, -0.2) is 0 Å². The minimum Gasteiger partial charge on any atom is -0.496 e. The smallest absolute Gasteiger partial charge is 0.251 e. The fraction of sp³-hybridized carbons (Fsp3) is 0.350. The molecule has 0 unspecified atom stereocenters. The Morgan fingerprint density at radius 2 is 1.88 bits per heavy atom. The molecule has 1 amide bonds. The van der Waals surface area contributed by atoms with Crippen LogP contribution in [0.15, 0.2) is 42.5 Å². The van der Waals surface area contributed by atoms with Crippen molar-refractivity contribution >= 4 is 17.5 Å². The molecule has 4 nitrogen and oxygen atoms in total. The number of carbonyl (C=O) groups excluding carboxylic acids is 1. The Balaban J connectivity index is 2.05. The van der Waals surface area contributed by atoms with E-state index in [0.717, 1.165) is 12.0 Å². The number of ether oxygens (including phenoxy) is 2. The molecule has 0 bridgehead atoms. The highest BCUT2D eigenvalue weighted by Crippen LogP contribution is 2.23. The molecule has 0 spiro atoms. The van der Waals surface area contributed by atoms with Gasteiger partial charge in [0, 0.05) is 22.7 Å². The average Bonchev–Trinajstić information content (AvgIpc) is 2.60. The summed E-state index contributed by atoms with van der Waals surface area (Å²) in [6.45, 7) is 5.23. The monoisotopic (exact) mass is 361 g/mol. The number of carbonyl (C=O) groups is 1. The van der Waals surface area contributed by atoms with Crippen LogP contribution in [0, 0.1) is 5.92 Å². The zero-order valence-electron chi connectivity index (χ0n) is 14.8. The minimum absolute atomic E-state index is 0.0870. The maximum Gasteiger partial charge on any atom is 0.251 e. The molecule has 0 atom stereocenters. The van der Waals surface area contributed by atoms with E-state index in [9.17, 15) is 4.79 Å². The van der Waals surface area contributed by atoms with Gasteiger partial charge < -0.3 is 14.8 Å². The van der Waals surface area contributed by atoms with E-state index >= 15 is 0 Å². The molecule has 0 aliphatic heterocycles. The van der Waals surface area contributed by atoms with E-state index in [4.69, 9.17) is 21.1 Å². The summed E-state index contributed by atoms with van der Waals surface area (Å²) in [4.78, 5) is 12.3. The van der Waals surface area contributed by atoms with Gasteiger partial charge in [0.2, 0.25) is 0 Å². The maximum absolute atomic E-state index is 12.3. The highest BCUT2D eigenvalue weighted by atomic mass is 35.5. The summed E-state index contributed by atoms with van der Waals surface area (Å²) < 4.78 is 11.1. The number of amides is 1. The fourth-order valence-corrected chi connectivity index (χ4v) is 2.43. The lowest BCUT2D eigenvalue weighted by Gasteiger charge is -2.13. The summed E-state index contributed by atoms with van der Waals surface area (Å²) in [6.07, 6.45) is 0.953. The zero-order valence-corrected chi connectivity index (χ0v) is 15.6. The van der Waals surface area contributed by atoms with Crippen LogP contribution in [-0.4, -0.2) is 19.6 Å². The molecule has 0 aliphatic carbocycles. The Morgan fingerprint density at radius 3 is 2.52 bits per heavy atom. The van der Waals surface area contributed by atoms with Crippen molar-refractivity contribution in [3.8, 4) is 11.5 Å². The summed E-state index contributed by atoms with van der Waals surface area (Å²) in [5.74, 6) is 1.86. The first kappa shape index (κ1) is 19.1. The van der Waals surface area contributed by atoms with Gasteiger partial charge in [-0.2, -0.15) is 0 Å². The van der Waals surface area contributed by atoms with Gasteiger partial charge in [0.05, 0.1) is 7.11 Å². The number of nitrogens with one attached hydrogen (secondary N) is 1. The molecule has 1 N–H and O–H groups in total. The van der Waals surface area contributed by atoms with Gasteiger partial charge in [0.15, 0.2) is 0 Å². The molecule has 0 fully saturated rings. The number of methoxy groups -OCH3 is 1. The van der Waals surface area contributed by atoms with Gasteiger partial charge in [-0.15, -0.1) is 0 Å². The summed E-state index contributed by atoms with van der Waals surface area (Å²) in [7, 11) is 1.60. The van der Waals surface area contributed by atoms with Crippen LogP contribution in [0.4, 0.5) is 0 Å². The number of halogens is 1. The summed E-state index contributed by atoms with van der Waals surface area (Å²) in [6, 6.07) is 12.5. The van der Waals surface area contributed by atoms with Crippen LogP contribution in [0.5, 0.6) is 11.5 Å². The van der Waals surface area contributed by atoms with Crippen molar-refractivity contribution in [3.05, 3.63) is 58.6 Å². The predicted octanol–water partition coefficient (Wildman–Crippen LogP) is 4.70. The van der Waals surface area contributed by atoms with Gasteiger partial charge in [0.1, 0.15) is 18.1 Å². The highest BCUT2D eigenvalue weighted by Gasteiger charge is 2.11. The third-order valence-corrected chi connectivity index (χ3v) is 4.01. The van der Waals surface area contributed by atoms with Crippen molar-refractivity contribution in [2.24, 2.45) is 5.92 Å². The van der Waals surface area contributed by atoms with Crippen molar-refractivity contribution in [3.63, 3.8) is 0 Å². The van der Waals surface area contributed by atoms with E-state index in [2.05, 4.69) is 19.2 Å². The average molecular weight is 362 g/mol. The number of benzene rings is 2. The van der Waals surface area contributed by atoms with Crippen LogP contribution in [0.2, 0.25) is 5.02 Å². The first-order valence-electron chi connectivity index (χ1n) is 8.33. The van der Waals surface area contributed by atoms with Crippen molar-refractivity contribution < 1.29 is 14.3 Å². The van der Waals surface area contributed by atoms with Crippen LogP contribution in [0.1, 0.15) is 36.2 Å². The molecular weight excluding hydrogens is 338 g/mol. The molecule has 134 valence electrons. The van der Waals surface area contributed by atoms with Gasteiger partial charge in [-0.05, 0) is 54.8 Å². The van der Waals surface area contributed by atoms with Crippen molar-refractivity contribution in [2.75, 3.05) is 13.7 Å². The molecule has 25 heavy (non-hydrogen) atoms. The lowest BCUT2D eigenvalue weighted by Crippen LogP contribution is -2.25. The second-order valence-corrected chi connectivity index (χ2v) is 6.64. The Bertz CT molecular complexity index is 699. The number of rotatable bonds is 8.